The van der Waals surface area contributed by atoms with Crippen molar-refractivity contribution in [3.63, 3.8) is 0 Å². The fourth-order valence-corrected chi connectivity index (χ4v) is 2.62. The zero-order chi connectivity index (χ0) is 19.2. The summed E-state index contributed by atoms with van der Waals surface area (Å²) in [6.07, 6.45) is 1.56. The number of rotatable bonds is 6. The molecule has 0 aliphatic heterocycles. The van der Waals surface area contributed by atoms with Crippen molar-refractivity contribution in [3.05, 3.63) is 58.1 Å². The quantitative estimate of drug-likeness (QED) is 0.562. The van der Waals surface area contributed by atoms with Crippen molar-refractivity contribution in [1.82, 2.24) is 5.43 Å². The second-order valence-corrected chi connectivity index (χ2v) is 7.60. The summed E-state index contributed by atoms with van der Waals surface area (Å²) >= 11 is 3.49. The lowest BCUT2D eigenvalue weighted by Gasteiger charge is -2.20. The fraction of sp³-hybridized carbons (Fsp3) is 0.300. The molecule has 0 radical (unpaired) electrons. The summed E-state index contributed by atoms with van der Waals surface area (Å²) < 4.78 is 11.5. The van der Waals surface area contributed by atoms with Gasteiger partial charge in [0.05, 0.1) is 17.8 Å². The molecular formula is C20H23BrN2O3. The molecule has 2 aromatic rings. The summed E-state index contributed by atoms with van der Waals surface area (Å²) in [5.41, 5.74) is 4.53. The summed E-state index contributed by atoms with van der Waals surface area (Å²) in [7, 11) is 1.61. The van der Waals surface area contributed by atoms with Gasteiger partial charge < -0.3 is 9.47 Å². The number of hydrogen-bond acceptors (Lipinski definition) is 4. The van der Waals surface area contributed by atoms with Crippen LogP contribution in [0.4, 0.5) is 0 Å². The second kappa shape index (κ2) is 8.85. The van der Waals surface area contributed by atoms with Gasteiger partial charge in [0.25, 0.3) is 5.91 Å². The third-order valence-electron chi connectivity index (χ3n) is 3.68. The molecule has 0 unspecified atom stereocenters. The number of halogens is 1. The summed E-state index contributed by atoms with van der Waals surface area (Å²) in [6.45, 7) is 6.31. The molecule has 0 aromatic heterocycles. The van der Waals surface area contributed by atoms with E-state index in [1.54, 1.807) is 13.3 Å². The molecule has 0 aliphatic carbocycles. The van der Waals surface area contributed by atoms with Crippen LogP contribution in [0, 0.1) is 0 Å². The van der Waals surface area contributed by atoms with Crippen LogP contribution in [0.1, 0.15) is 31.9 Å². The Morgan fingerprint density at radius 2 is 1.88 bits per heavy atom. The van der Waals surface area contributed by atoms with E-state index in [4.69, 9.17) is 9.47 Å². The van der Waals surface area contributed by atoms with Crippen LogP contribution in [0.5, 0.6) is 11.5 Å². The third kappa shape index (κ3) is 5.88. The molecule has 0 spiro atoms. The molecule has 0 saturated heterocycles. The molecule has 0 saturated carbocycles. The number of methoxy groups -OCH3 is 1. The van der Waals surface area contributed by atoms with Crippen LogP contribution >= 0.6 is 15.9 Å². The summed E-state index contributed by atoms with van der Waals surface area (Å²) in [5, 5.41) is 3.92. The largest absolute Gasteiger partial charge is 0.497 e. The predicted octanol–water partition coefficient (Wildman–Crippen LogP) is 4.28. The molecule has 26 heavy (non-hydrogen) atoms. The number of hydrogen-bond donors (Lipinski definition) is 1. The van der Waals surface area contributed by atoms with Crippen molar-refractivity contribution < 1.29 is 14.3 Å². The Morgan fingerprint density at radius 3 is 2.46 bits per heavy atom. The summed E-state index contributed by atoms with van der Waals surface area (Å²) in [5.74, 6) is 1.05. The molecule has 138 valence electrons. The highest BCUT2D eigenvalue weighted by Gasteiger charge is 2.15. The third-order valence-corrected chi connectivity index (χ3v) is 4.30. The van der Waals surface area contributed by atoms with E-state index in [0.717, 1.165) is 15.8 Å². The molecule has 1 N–H and O–H groups in total. The van der Waals surface area contributed by atoms with E-state index < -0.39 is 0 Å². The SMILES string of the molecule is COc1ccc(/C=N\NC(=O)COc2ccc(C(C)(C)C)cc2Br)cc1. The van der Waals surface area contributed by atoms with Gasteiger partial charge in [-0.25, -0.2) is 5.43 Å². The molecule has 1 amide bonds. The zero-order valence-corrected chi connectivity index (χ0v) is 17.0. The second-order valence-electron chi connectivity index (χ2n) is 6.75. The standard InChI is InChI=1S/C20H23BrN2O3/c1-20(2,3)15-7-10-18(17(21)11-15)26-13-19(24)23-22-12-14-5-8-16(25-4)9-6-14/h5-12H,13H2,1-4H3,(H,23,24)/b22-12-. The first kappa shape index (κ1) is 20.0. The molecule has 0 atom stereocenters. The first-order chi connectivity index (χ1) is 12.3. The van der Waals surface area contributed by atoms with Crippen LogP contribution < -0.4 is 14.9 Å². The number of nitrogens with one attached hydrogen (secondary N) is 1. The van der Waals surface area contributed by atoms with E-state index in [0.29, 0.717) is 5.75 Å². The van der Waals surface area contributed by atoms with E-state index in [9.17, 15) is 4.79 Å². The fourth-order valence-electron chi connectivity index (χ4n) is 2.13. The number of carbonyl (C=O) groups is 1. The predicted molar refractivity (Wildman–Crippen MR) is 107 cm³/mol. The Hall–Kier alpha value is -2.34. The molecular weight excluding hydrogens is 396 g/mol. The number of benzene rings is 2. The van der Waals surface area contributed by atoms with Crippen LogP contribution in [-0.2, 0) is 10.2 Å². The van der Waals surface area contributed by atoms with Gasteiger partial charge in [-0.2, -0.15) is 5.10 Å². The van der Waals surface area contributed by atoms with E-state index in [1.807, 2.05) is 42.5 Å². The van der Waals surface area contributed by atoms with Crippen molar-refractivity contribution in [2.24, 2.45) is 5.10 Å². The Balaban J connectivity index is 1.85. The topological polar surface area (TPSA) is 59.9 Å². The maximum absolute atomic E-state index is 11.9. The lowest BCUT2D eigenvalue weighted by Crippen LogP contribution is -2.24. The van der Waals surface area contributed by atoms with Crippen molar-refractivity contribution >= 4 is 28.1 Å². The van der Waals surface area contributed by atoms with Crippen LogP contribution in [0.2, 0.25) is 0 Å². The van der Waals surface area contributed by atoms with Gasteiger partial charge in [0.15, 0.2) is 6.61 Å². The van der Waals surface area contributed by atoms with Crippen LogP contribution in [0.15, 0.2) is 52.0 Å². The van der Waals surface area contributed by atoms with Crippen molar-refractivity contribution in [3.8, 4) is 11.5 Å². The minimum atomic E-state index is -0.332. The van der Waals surface area contributed by atoms with Crippen LogP contribution in [0.25, 0.3) is 0 Å². The first-order valence-electron chi connectivity index (χ1n) is 8.18. The average molecular weight is 419 g/mol. The normalized spacial score (nSPS) is 11.4. The summed E-state index contributed by atoms with van der Waals surface area (Å²) in [4.78, 5) is 11.9. The molecule has 2 aromatic carbocycles. The van der Waals surface area contributed by atoms with Gasteiger partial charge in [0, 0.05) is 0 Å². The lowest BCUT2D eigenvalue weighted by atomic mass is 9.87. The summed E-state index contributed by atoms with van der Waals surface area (Å²) in [6, 6.07) is 13.2. The zero-order valence-electron chi connectivity index (χ0n) is 15.4. The molecule has 0 bridgehead atoms. The Morgan fingerprint density at radius 1 is 1.19 bits per heavy atom. The highest BCUT2D eigenvalue weighted by Crippen LogP contribution is 2.31. The number of hydrazone groups is 1. The van der Waals surface area contributed by atoms with Crippen molar-refractivity contribution in [2.75, 3.05) is 13.7 Å². The van der Waals surface area contributed by atoms with Crippen LogP contribution in [0.3, 0.4) is 0 Å². The Kier molecular flexibility index (Phi) is 6.80. The van der Waals surface area contributed by atoms with Gasteiger partial charge in [-0.15, -0.1) is 0 Å². The highest BCUT2D eigenvalue weighted by molar-refractivity contribution is 9.10. The maximum atomic E-state index is 11.9. The van der Waals surface area contributed by atoms with E-state index in [2.05, 4.69) is 47.2 Å². The van der Waals surface area contributed by atoms with Crippen molar-refractivity contribution in [2.45, 2.75) is 26.2 Å². The minimum Gasteiger partial charge on any atom is -0.497 e. The smallest absolute Gasteiger partial charge is 0.277 e. The monoisotopic (exact) mass is 418 g/mol. The van der Waals surface area contributed by atoms with Gasteiger partial charge in [0.2, 0.25) is 0 Å². The van der Waals surface area contributed by atoms with E-state index in [-0.39, 0.29) is 17.9 Å². The average Bonchev–Trinajstić information content (AvgIpc) is 2.60. The molecule has 0 aliphatic rings. The van der Waals surface area contributed by atoms with Gasteiger partial charge in [-0.05, 0) is 68.9 Å². The van der Waals surface area contributed by atoms with E-state index in [1.165, 1.54) is 5.56 Å². The van der Waals surface area contributed by atoms with Crippen molar-refractivity contribution in [1.29, 1.82) is 0 Å². The molecule has 0 heterocycles. The molecule has 0 fully saturated rings. The first-order valence-corrected chi connectivity index (χ1v) is 8.97. The van der Waals surface area contributed by atoms with Gasteiger partial charge in [-0.1, -0.05) is 26.8 Å². The van der Waals surface area contributed by atoms with Crippen LogP contribution in [-0.4, -0.2) is 25.8 Å². The Bertz CT molecular complexity index is 781. The molecule has 5 nitrogen and oxygen atoms in total. The van der Waals surface area contributed by atoms with Gasteiger partial charge in [-0.3, -0.25) is 4.79 Å². The molecule has 6 heteroatoms. The molecule has 2 rings (SSSR count). The van der Waals surface area contributed by atoms with E-state index >= 15 is 0 Å². The number of carbonyl (C=O) groups excluding carboxylic acids is 1. The van der Waals surface area contributed by atoms with Gasteiger partial charge >= 0.3 is 0 Å². The Labute approximate surface area is 162 Å². The lowest BCUT2D eigenvalue weighted by molar-refractivity contribution is -0.123. The number of amides is 1. The maximum Gasteiger partial charge on any atom is 0.277 e. The number of nitrogens with zero attached hydrogens (tertiary/aromatic N) is 1. The number of ether oxygens (including phenoxy) is 2. The van der Waals surface area contributed by atoms with Gasteiger partial charge in [0.1, 0.15) is 11.5 Å². The highest BCUT2D eigenvalue weighted by atomic mass is 79.9. The minimum absolute atomic E-state index is 0.0502.